The van der Waals surface area contributed by atoms with Crippen LogP contribution >= 0.6 is 0 Å². The molecule has 3 rings (SSSR count). The number of hydrogen-bond acceptors (Lipinski definition) is 5. The second-order valence-electron chi connectivity index (χ2n) is 4.97. The highest BCUT2D eigenvalue weighted by Crippen LogP contribution is 2.42. The fraction of sp³-hybridized carbons (Fsp3) is 0.250. The van der Waals surface area contributed by atoms with Gasteiger partial charge in [-0.2, -0.15) is 0 Å². The van der Waals surface area contributed by atoms with Crippen LogP contribution in [0.4, 0.5) is 5.69 Å². The van der Waals surface area contributed by atoms with Crippen LogP contribution in [0.25, 0.3) is 0 Å². The Morgan fingerprint density at radius 1 is 1.05 bits per heavy atom. The van der Waals surface area contributed by atoms with E-state index in [9.17, 15) is 15.2 Å². The summed E-state index contributed by atoms with van der Waals surface area (Å²) >= 11 is 0. The Balaban J connectivity index is 1.92. The zero-order valence-electron chi connectivity index (χ0n) is 11.7. The molecule has 1 aliphatic rings. The lowest BCUT2D eigenvalue weighted by atomic mass is 10.0. The summed E-state index contributed by atoms with van der Waals surface area (Å²) in [6.07, 6.45) is -1.98. The van der Waals surface area contributed by atoms with Gasteiger partial charge in [0.25, 0.3) is 5.69 Å². The van der Waals surface area contributed by atoms with Gasteiger partial charge >= 0.3 is 0 Å². The van der Waals surface area contributed by atoms with Crippen molar-refractivity contribution >= 4 is 5.69 Å². The van der Waals surface area contributed by atoms with Gasteiger partial charge in [-0.3, -0.25) is 10.1 Å². The van der Waals surface area contributed by atoms with Gasteiger partial charge in [-0.25, -0.2) is 0 Å². The number of hydrogen-bond donors (Lipinski definition) is 1. The van der Waals surface area contributed by atoms with Gasteiger partial charge in [0.2, 0.25) is 0 Å². The largest absolute Gasteiger partial charge is 0.394 e. The highest BCUT2D eigenvalue weighted by Gasteiger charge is 2.40. The Morgan fingerprint density at radius 2 is 1.73 bits per heavy atom. The monoisotopic (exact) mass is 301 g/mol. The molecule has 0 aromatic heterocycles. The summed E-state index contributed by atoms with van der Waals surface area (Å²) in [5.41, 5.74) is 1.18. The minimum atomic E-state index is -0.684. The van der Waals surface area contributed by atoms with E-state index in [0.717, 1.165) is 5.56 Å². The smallest absolute Gasteiger partial charge is 0.275 e. The maximum absolute atomic E-state index is 11.2. The number of aliphatic hydroxyl groups excluding tert-OH is 1. The van der Waals surface area contributed by atoms with Gasteiger partial charge in [0.15, 0.2) is 6.29 Å². The molecule has 114 valence electrons. The zero-order valence-corrected chi connectivity index (χ0v) is 11.7. The van der Waals surface area contributed by atoms with Gasteiger partial charge < -0.3 is 14.6 Å². The van der Waals surface area contributed by atoms with E-state index in [2.05, 4.69) is 0 Å². The third-order valence-corrected chi connectivity index (χ3v) is 3.60. The van der Waals surface area contributed by atoms with Crippen molar-refractivity contribution in [1.29, 1.82) is 0 Å². The highest BCUT2D eigenvalue weighted by molar-refractivity contribution is 5.42. The second-order valence-corrected chi connectivity index (χ2v) is 4.97. The predicted molar refractivity (Wildman–Crippen MR) is 78.1 cm³/mol. The van der Waals surface area contributed by atoms with Gasteiger partial charge in [-0.1, -0.05) is 42.5 Å². The molecule has 6 heteroatoms. The van der Waals surface area contributed by atoms with E-state index >= 15 is 0 Å². The van der Waals surface area contributed by atoms with Crippen molar-refractivity contribution in [2.24, 2.45) is 0 Å². The van der Waals surface area contributed by atoms with Crippen LogP contribution in [0.1, 0.15) is 23.5 Å². The van der Waals surface area contributed by atoms with Crippen molar-refractivity contribution in [1.82, 2.24) is 0 Å². The number of nitro groups is 1. The first-order valence-corrected chi connectivity index (χ1v) is 6.90. The molecule has 0 bridgehead atoms. The molecule has 0 radical (unpaired) electrons. The summed E-state index contributed by atoms with van der Waals surface area (Å²) in [6, 6.07) is 15.6. The number of benzene rings is 2. The fourth-order valence-electron chi connectivity index (χ4n) is 2.56. The average Bonchev–Trinajstić information content (AvgIpc) is 3.00. The molecule has 1 saturated heterocycles. The lowest BCUT2D eigenvalue weighted by molar-refractivity contribution is -0.386. The van der Waals surface area contributed by atoms with E-state index in [1.54, 1.807) is 18.2 Å². The minimum absolute atomic E-state index is 0.0386. The van der Waals surface area contributed by atoms with Crippen molar-refractivity contribution < 1.29 is 19.5 Å². The molecule has 1 fully saturated rings. The summed E-state index contributed by atoms with van der Waals surface area (Å²) in [5, 5.41) is 20.7. The van der Waals surface area contributed by atoms with Crippen molar-refractivity contribution in [3.63, 3.8) is 0 Å². The summed E-state index contributed by atoms with van der Waals surface area (Å²) < 4.78 is 11.5. The number of rotatable bonds is 4. The first-order chi connectivity index (χ1) is 10.7. The first-order valence-electron chi connectivity index (χ1n) is 6.90. The maximum Gasteiger partial charge on any atom is 0.275 e. The van der Waals surface area contributed by atoms with Crippen LogP contribution in [0.15, 0.2) is 54.6 Å². The Labute approximate surface area is 127 Å². The van der Waals surface area contributed by atoms with Crippen molar-refractivity contribution in [3.05, 3.63) is 75.8 Å². The maximum atomic E-state index is 11.2. The second kappa shape index (κ2) is 6.23. The molecule has 1 N–H and O–H groups in total. The molecule has 6 nitrogen and oxygen atoms in total. The van der Waals surface area contributed by atoms with Gasteiger partial charge in [0.1, 0.15) is 12.2 Å². The SMILES string of the molecule is O=[N+]([O-])c1ccccc1[C@H]1OC(c2ccccc2)O[C@@H]1CO. The Kier molecular flexibility index (Phi) is 4.15. The topological polar surface area (TPSA) is 81.8 Å². The van der Waals surface area contributed by atoms with Gasteiger partial charge in [0.05, 0.1) is 17.1 Å². The number of nitro benzene ring substituents is 1. The summed E-state index contributed by atoms with van der Waals surface area (Å²) in [4.78, 5) is 10.7. The normalized spacial score (nSPS) is 24.3. The summed E-state index contributed by atoms with van der Waals surface area (Å²) in [5.74, 6) is 0. The third-order valence-electron chi connectivity index (χ3n) is 3.60. The van der Waals surface area contributed by atoms with E-state index in [4.69, 9.17) is 9.47 Å². The highest BCUT2D eigenvalue weighted by atomic mass is 16.7. The Bertz CT molecular complexity index is 661. The minimum Gasteiger partial charge on any atom is -0.394 e. The molecule has 1 heterocycles. The van der Waals surface area contributed by atoms with E-state index in [-0.39, 0.29) is 12.3 Å². The van der Waals surface area contributed by atoms with Gasteiger partial charge in [0, 0.05) is 11.6 Å². The molecule has 1 aliphatic heterocycles. The molecule has 2 aromatic rings. The molecule has 2 aromatic carbocycles. The van der Waals surface area contributed by atoms with Crippen LogP contribution in [0.5, 0.6) is 0 Å². The van der Waals surface area contributed by atoms with Gasteiger partial charge in [-0.15, -0.1) is 0 Å². The standard InChI is InChI=1S/C16H15NO5/c18-10-14-15(12-8-4-5-9-13(12)17(19)20)22-16(21-14)11-6-2-1-3-7-11/h1-9,14-16,18H,10H2/t14-,15-,16?/m1/s1. The van der Waals surface area contributed by atoms with Crippen molar-refractivity contribution in [2.45, 2.75) is 18.5 Å². The lowest BCUT2D eigenvalue weighted by Gasteiger charge is -2.14. The predicted octanol–water partition coefficient (Wildman–Crippen LogP) is 2.74. The number of aliphatic hydroxyl groups is 1. The Morgan fingerprint density at radius 3 is 2.41 bits per heavy atom. The average molecular weight is 301 g/mol. The number of ether oxygens (including phenoxy) is 2. The van der Waals surface area contributed by atoms with Crippen LogP contribution in [0, 0.1) is 10.1 Å². The summed E-state index contributed by atoms with van der Waals surface area (Å²) in [6.45, 7) is -0.278. The van der Waals surface area contributed by atoms with Gasteiger partial charge in [-0.05, 0) is 6.07 Å². The molecular weight excluding hydrogens is 286 g/mol. The van der Waals surface area contributed by atoms with Crippen LogP contribution in [-0.4, -0.2) is 22.7 Å². The van der Waals surface area contributed by atoms with Crippen LogP contribution in [-0.2, 0) is 9.47 Å². The molecule has 0 aliphatic carbocycles. The Hall–Kier alpha value is -2.28. The van der Waals surface area contributed by atoms with Crippen LogP contribution in [0.2, 0.25) is 0 Å². The first kappa shape index (κ1) is 14.6. The zero-order chi connectivity index (χ0) is 15.5. The number of nitrogens with zero attached hydrogens (tertiary/aromatic N) is 1. The molecule has 0 amide bonds. The fourth-order valence-corrected chi connectivity index (χ4v) is 2.56. The van der Waals surface area contributed by atoms with E-state index in [0.29, 0.717) is 5.56 Å². The molecule has 0 spiro atoms. The summed E-state index contributed by atoms with van der Waals surface area (Å²) in [7, 11) is 0. The molecular formula is C16H15NO5. The quantitative estimate of drug-likeness (QED) is 0.693. The van der Waals surface area contributed by atoms with E-state index in [1.165, 1.54) is 6.07 Å². The van der Waals surface area contributed by atoms with Crippen molar-refractivity contribution in [3.8, 4) is 0 Å². The van der Waals surface area contributed by atoms with E-state index in [1.807, 2.05) is 30.3 Å². The van der Waals surface area contributed by atoms with Crippen LogP contribution in [0.3, 0.4) is 0 Å². The number of para-hydroxylation sites is 1. The molecule has 0 saturated carbocycles. The van der Waals surface area contributed by atoms with Crippen molar-refractivity contribution in [2.75, 3.05) is 6.61 Å². The molecule has 22 heavy (non-hydrogen) atoms. The lowest BCUT2D eigenvalue weighted by Crippen LogP contribution is -2.20. The third kappa shape index (κ3) is 2.71. The van der Waals surface area contributed by atoms with E-state index < -0.39 is 23.4 Å². The molecule has 3 atom stereocenters. The molecule has 1 unspecified atom stereocenters. The van der Waals surface area contributed by atoms with Crippen LogP contribution < -0.4 is 0 Å².